The first kappa shape index (κ1) is 21.7. The number of pyridine rings is 1. The Morgan fingerprint density at radius 1 is 1.03 bits per heavy atom. The molecule has 1 atom stereocenters. The first-order chi connectivity index (χ1) is 15.7. The molecule has 1 aromatic heterocycles. The number of carbonyl (C=O) groups is 2. The van der Waals surface area contributed by atoms with Gasteiger partial charge in [-0.2, -0.15) is 0 Å². The fraction of sp³-hybridized carbons (Fsp3) is 0.269. The lowest BCUT2D eigenvalue weighted by atomic mass is 9.91. The highest BCUT2D eigenvalue weighted by Gasteiger charge is 2.31. The zero-order valence-electron chi connectivity index (χ0n) is 18.0. The lowest BCUT2D eigenvalue weighted by Gasteiger charge is -2.34. The standard InChI is InChI=1S/C26H28N4O2/c31-25(16-24-26(32)28-14-15-30(24)19-20-8-7-13-27-17-20)29-18-23(21-9-3-1-4-10-21)22-11-5-2-6-12-22/h1-13,17,23-24H,14-16,18-19H2,(H,28,32)(H,29,31)/t24-/m1/s1. The van der Waals surface area contributed by atoms with Crippen molar-refractivity contribution in [2.75, 3.05) is 19.6 Å². The van der Waals surface area contributed by atoms with Gasteiger partial charge in [-0.25, -0.2) is 0 Å². The van der Waals surface area contributed by atoms with E-state index >= 15 is 0 Å². The summed E-state index contributed by atoms with van der Waals surface area (Å²) in [6, 6.07) is 23.7. The number of hydrogen-bond donors (Lipinski definition) is 2. The predicted molar refractivity (Wildman–Crippen MR) is 124 cm³/mol. The maximum atomic E-state index is 12.9. The average molecular weight is 429 g/mol. The van der Waals surface area contributed by atoms with Crippen molar-refractivity contribution in [1.29, 1.82) is 0 Å². The molecule has 2 amide bonds. The molecule has 0 saturated carbocycles. The number of carbonyl (C=O) groups excluding carboxylic acids is 2. The fourth-order valence-corrected chi connectivity index (χ4v) is 4.16. The maximum Gasteiger partial charge on any atom is 0.237 e. The minimum absolute atomic E-state index is 0.0491. The van der Waals surface area contributed by atoms with E-state index in [1.165, 1.54) is 0 Å². The molecule has 2 aromatic carbocycles. The summed E-state index contributed by atoms with van der Waals surface area (Å²) >= 11 is 0. The van der Waals surface area contributed by atoms with Crippen molar-refractivity contribution < 1.29 is 9.59 Å². The first-order valence-electron chi connectivity index (χ1n) is 11.0. The van der Waals surface area contributed by atoms with Crippen LogP contribution in [0.1, 0.15) is 29.0 Å². The van der Waals surface area contributed by atoms with Crippen molar-refractivity contribution in [3.8, 4) is 0 Å². The summed E-state index contributed by atoms with van der Waals surface area (Å²) in [5.41, 5.74) is 3.32. The van der Waals surface area contributed by atoms with Gasteiger partial charge in [-0.3, -0.25) is 19.5 Å². The fourth-order valence-electron chi connectivity index (χ4n) is 4.16. The molecule has 0 unspecified atom stereocenters. The molecule has 1 saturated heterocycles. The van der Waals surface area contributed by atoms with E-state index in [1.54, 1.807) is 12.4 Å². The van der Waals surface area contributed by atoms with Gasteiger partial charge in [-0.15, -0.1) is 0 Å². The molecule has 1 aliphatic heterocycles. The van der Waals surface area contributed by atoms with Crippen molar-refractivity contribution in [2.24, 2.45) is 0 Å². The summed E-state index contributed by atoms with van der Waals surface area (Å²) in [6.07, 6.45) is 3.66. The summed E-state index contributed by atoms with van der Waals surface area (Å²) in [7, 11) is 0. The summed E-state index contributed by atoms with van der Waals surface area (Å²) < 4.78 is 0. The summed E-state index contributed by atoms with van der Waals surface area (Å²) in [4.78, 5) is 31.7. The Kier molecular flexibility index (Phi) is 7.25. The zero-order valence-corrected chi connectivity index (χ0v) is 18.0. The number of nitrogens with zero attached hydrogens (tertiary/aromatic N) is 2. The van der Waals surface area contributed by atoms with E-state index < -0.39 is 6.04 Å². The van der Waals surface area contributed by atoms with Crippen LogP contribution >= 0.6 is 0 Å². The molecular formula is C26H28N4O2. The Labute approximate surface area is 188 Å². The molecule has 0 aliphatic carbocycles. The van der Waals surface area contributed by atoms with Gasteiger partial charge in [0, 0.05) is 44.5 Å². The lowest BCUT2D eigenvalue weighted by Crippen LogP contribution is -2.56. The number of aromatic nitrogens is 1. The van der Waals surface area contributed by atoms with Crippen LogP contribution in [-0.4, -0.2) is 47.4 Å². The van der Waals surface area contributed by atoms with Crippen LogP contribution in [0, 0.1) is 0 Å². The number of benzene rings is 2. The third kappa shape index (κ3) is 5.59. The van der Waals surface area contributed by atoms with Crippen LogP contribution in [0.4, 0.5) is 0 Å². The second-order valence-corrected chi connectivity index (χ2v) is 8.02. The molecule has 6 nitrogen and oxygen atoms in total. The predicted octanol–water partition coefficient (Wildman–Crippen LogP) is 2.72. The molecule has 0 radical (unpaired) electrons. The van der Waals surface area contributed by atoms with Gasteiger partial charge in [-0.05, 0) is 22.8 Å². The number of nitrogens with one attached hydrogen (secondary N) is 2. The number of piperazine rings is 1. The number of amides is 2. The van der Waals surface area contributed by atoms with Gasteiger partial charge < -0.3 is 10.6 Å². The minimum atomic E-state index is -0.490. The van der Waals surface area contributed by atoms with Crippen LogP contribution in [-0.2, 0) is 16.1 Å². The van der Waals surface area contributed by atoms with Crippen molar-refractivity contribution in [3.05, 3.63) is 102 Å². The quantitative estimate of drug-likeness (QED) is 0.579. The summed E-state index contributed by atoms with van der Waals surface area (Å²) in [6.45, 7) is 2.36. The van der Waals surface area contributed by atoms with Crippen LogP contribution in [0.5, 0.6) is 0 Å². The Morgan fingerprint density at radius 2 is 1.72 bits per heavy atom. The van der Waals surface area contributed by atoms with Gasteiger partial charge >= 0.3 is 0 Å². The maximum absolute atomic E-state index is 12.9. The van der Waals surface area contributed by atoms with Crippen LogP contribution in [0.3, 0.4) is 0 Å². The van der Waals surface area contributed by atoms with Crippen molar-refractivity contribution >= 4 is 11.8 Å². The minimum Gasteiger partial charge on any atom is -0.355 e. The van der Waals surface area contributed by atoms with Gasteiger partial charge in [0.1, 0.15) is 0 Å². The lowest BCUT2D eigenvalue weighted by molar-refractivity contribution is -0.134. The van der Waals surface area contributed by atoms with Crippen LogP contribution in [0.15, 0.2) is 85.2 Å². The van der Waals surface area contributed by atoms with E-state index in [1.807, 2.05) is 48.5 Å². The zero-order chi connectivity index (χ0) is 22.2. The van der Waals surface area contributed by atoms with E-state index in [9.17, 15) is 9.59 Å². The smallest absolute Gasteiger partial charge is 0.237 e. The first-order valence-corrected chi connectivity index (χ1v) is 11.0. The van der Waals surface area contributed by atoms with E-state index in [0.29, 0.717) is 26.2 Å². The topological polar surface area (TPSA) is 74.3 Å². The Bertz CT molecular complexity index is 972. The van der Waals surface area contributed by atoms with Gasteiger partial charge in [0.15, 0.2) is 0 Å². The molecule has 4 rings (SSSR count). The molecule has 6 heteroatoms. The van der Waals surface area contributed by atoms with Crippen molar-refractivity contribution in [3.63, 3.8) is 0 Å². The van der Waals surface area contributed by atoms with Gasteiger partial charge in [0.05, 0.1) is 12.5 Å². The molecule has 0 bridgehead atoms. The van der Waals surface area contributed by atoms with Crippen molar-refractivity contribution in [1.82, 2.24) is 20.5 Å². The van der Waals surface area contributed by atoms with Crippen molar-refractivity contribution in [2.45, 2.75) is 24.9 Å². The Morgan fingerprint density at radius 3 is 2.34 bits per heavy atom. The summed E-state index contributed by atoms with van der Waals surface area (Å²) in [5.74, 6) is -0.175. The molecule has 3 aromatic rings. The van der Waals surface area contributed by atoms with Gasteiger partial charge in [0.25, 0.3) is 0 Å². The SMILES string of the molecule is O=C(C[C@@H]1C(=O)NCCN1Cc1cccnc1)NCC(c1ccccc1)c1ccccc1. The molecule has 1 fully saturated rings. The normalized spacial score (nSPS) is 16.5. The van der Waals surface area contributed by atoms with E-state index in [-0.39, 0.29) is 24.2 Å². The molecular weight excluding hydrogens is 400 g/mol. The monoisotopic (exact) mass is 428 g/mol. The number of hydrogen-bond acceptors (Lipinski definition) is 4. The Balaban J connectivity index is 1.42. The average Bonchev–Trinajstić information content (AvgIpc) is 2.83. The molecule has 2 heterocycles. The second kappa shape index (κ2) is 10.7. The molecule has 32 heavy (non-hydrogen) atoms. The second-order valence-electron chi connectivity index (χ2n) is 8.02. The highest BCUT2D eigenvalue weighted by molar-refractivity contribution is 5.88. The van der Waals surface area contributed by atoms with E-state index in [4.69, 9.17) is 0 Å². The number of rotatable bonds is 8. The molecule has 2 N–H and O–H groups in total. The van der Waals surface area contributed by atoms with Gasteiger partial charge in [-0.1, -0.05) is 66.7 Å². The third-order valence-electron chi connectivity index (χ3n) is 5.84. The largest absolute Gasteiger partial charge is 0.355 e. The van der Waals surface area contributed by atoms with Crippen LogP contribution in [0.2, 0.25) is 0 Å². The highest BCUT2D eigenvalue weighted by atomic mass is 16.2. The van der Waals surface area contributed by atoms with Crippen LogP contribution < -0.4 is 10.6 Å². The third-order valence-corrected chi connectivity index (χ3v) is 5.84. The Hall–Kier alpha value is -3.51. The van der Waals surface area contributed by atoms with E-state index in [0.717, 1.165) is 16.7 Å². The molecule has 1 aliphatic rings. The summed E-state index contributed by atoms with van der Waals surface area (Å²) in [5, 5.41) is 5.97. The van der Waals surface area contributed by atoms with Crippen LogP contribution in [0.25, 0.3) is 0 Å². The highest BCUT2D eigenvalue weighted by Crippen LogP contribution is 2.24. The van der Waals surface area contributed by atoms with Gasteiger partial charge in [0.2, 0.25) is 11.8 Å². The molecule has 164 valence electrons. The molecule has 0 spiro atoms. The van der Waals surface area contributed by atoms with E-state index in [2.05, 4.69) is 44.8 Å².